The van der Waals surface area contributed by atoms with Gasteiger partial charge in [-0.25, -0.2) is 0 Å². The molecule has 0 N–H and O–H groups in total. The summed E-state index contributed by atoms with van der Waals surface area (Å²) in [6.07, 6.45) is 1.82. The number of pyridine rings is 1. The molecule has 4 heterocycles. The van der Waals surface area contributed by atoms with Gasteiger partial charge >= 0.3 is 21.1 Å². The van der Waals surface area contributed by atoms with Gasteiger partial charge in [0.05, 0.1) is 16.9 Å². The third kappa shape index (κ3) is 4.92. The summed E-state index contributed by atoms with van der Waals surface area (Å²) in [6.45, 7) is 10.8. The second kappa shape index (κ2) is 12.2. The maximum Gasteiger partial charge on any atom is 2.00 e. The molecule has 8 nitrogen and oxygen atoms in total. The molecule has 0 saturated heterocycles. The van der Waals surface area contributed by atoms with Gasteiger partial charge in [0, 0.05) is 17.0 Å². The number of aromatic nitrogens is 7. The first-order valence-electron chi connectivity index (χ1n) is 16.6. The average Bonchev–Trinajstić information content (AvgIpc) is 3.83. The minimum absolute atomic E-state index is 0. The summed E-state index contributed by atoms with van der Waals surface area (Å²) < 4.78 is 12.7. The molecule has 50 heavy (non-hydrogen) atoms. The first-order chi connectivity index (χ1) is 23.9. The summed E-state index contributed by atoms with van der Waals surface area (Å²) in [4.78, 5) is 4.75. The zero-order valence-electron chi connectivity index (χ0n) is 28.2. The number of hydrogen-bond donors (Lipinski definition) is 0. The van der Waals surface area contributed by atoms with Gasteiger partial charge in [-0.05, 0) is 52.8 Å². The first-order valence-corrected chi connectivity index (χ1v) is 16.6. The van der Waals surface area contributed by atoms with Crippen molar-refractivity contribution in [3.63, 3.8) is 0 Å². The van der Waals surface area contributed by atoms with E-state index < -0.39 is 0 Å². The minimum Gasteiger partial charge on any atom is -0.503 e. The molecule has 0 aliphatic rings. The number of hydrogen-bond acceptors (Lipinski definition) is 5. The number of ether oxygens (including phenoxy) is 1. The Labute approximate surface area is 303 Å². The van der Waals surface area contributed by atoms with Crippen molar-refractivity contribution < 1.29 is 25.8 Å². The van der Waals surface area contributed by atoms with Gasteiger partial charge in [-0.2, -0.15) is 11.2 Å². The van der Waals surface area contributed by atoms with Gasteiger partial charge in [0.2, 0.25) is 5.95 Å². The largest absolute Gasteiger partial charge is 2.00 e. The van der Waals surface area contributed by atoms with Crippen LogP contribution in [-0.2, 0) is 21.1 Å². The molecule has 0 aliphatic carbocycles. The molecule has 5 aromatic carbocycles. The molecule has 0 unspecified atom stereocenters. The minimum atomic E-state index is 0. The average molecular weight is 835 g/mol. The standard InChI is InChI=1S/C41H33N7O.Pt/c1-24(2)29-13-10-14-30(25(3)4)39(29)46-23-42-44-41(46)47-36-15-8-6-12-33(36)34-20-18-28(22-38(34)47)49-27-17-19-31-32-11-7-9-16-37(32)48-40(35(31)21-27)43-26(5)45-48;/h6-20,23-25H,1-5H3;/q-2;+2. The van der Waals surface area contributed by atoms with E-state index in [0.29, 0.717) is 35.1 Å². The van der Waals surface area contributed by atoms with Crippen LogP contribution in [0.2, 0.25) is 0 Å². The third-order valence-corrected chi connectivity index (χ3v) is 9.37. The van der Waals surface area contributed by atoms with Crippen molar-refractivity contribution in [2.45, 2.75) is 46.5 Å². The summed E-state index contributed by atoms with van der Waals surface area (Å²) in [7, 11) is 0. The Hall–Kier alpha value is -5.33. The molecular formula is C41H33N7OPt. The molecule has 0 amide bonds. The van der Waals surface area contributed by atoms with E-state index in [1.54, 1.807) is 0 Å². The van der Waals surface area contributed by atoms with Gasteiger partial charge in [-0.3, -0.25) is 14.1 Å². The fraction of sp³-hybridized carbons (Fsp3) is 0.171. The third-order valence-electron chi connectivity index (χ3n) is 9.37. The molecule has 0 saturated carbocycles. The van der Waals surface area contributed by atoms with Crippen molar-refractivity contribution in [3.05, 3.63) is 126 Å². The zero-order chi connectivity index (χ0) is 33.4. The van der Waals surface area contributed by atoms with Crippen LogP contribution in [0.5, 0.6) is 11.5 Å². The van der Waals surface area contributed by atoms with Gasteiger partial charge in [-0.15, -0.1) is 39.8 Å². The summed E-state index contributed by atoms with van der Waals surface area (Å²) in [5.74, 6) is 3.16. The Morgan fingerprint density at radius 3 is 2.04 bits per heavy atom. The van der Waals surface area contributed by atoms with Crippen LogP contribution in [0.15, 0.2) is 97.3 Å². The molecule has 0 bridgehead atoms. The van der Waals surface area contributed by atoms with Crippen LogP contribution in [0.3, 0.4) is 0 Å². The van der Waals surface area contributed by atoms with Gasteiger partial charge < -0.3 is 9.30 Å². The van der Waals surface area contributed by atoms with Gasteiger partial charge in [-0.1, -0.05) is 105 Å². The van der Waals surface area contributed by atoms with Crippen molar-refractivity contribution in [1.82, 2.24) is 33.9 Å². The molecular weight excluding hydrogens is 802 g/mol. The molecule has 0 fully saturated rings. The predicted octanol–water partition coefficient (Wildman–Crippen LogP) is 9.66. The van der Waals surface area contributed by atoms with Crippen molar-refractivity contribution in [3.8, 4) is 23.1 Å². The number of benzene rings is 5. The monoisotopic (exact) mass is 834 g/mol. The Balaban J connectivity index is 0.00000361. The van der Waals surface area contributed by atoms with E-state index in [0.717, 1.165) is 54.8 Å². The van der Waals surface area contributed by atoms with Crippen LogP contribution in [-0.4, -0.2) is 33.9 Å². The van der Waals surface area contributed by atoms with Crippen LogP contribution >= 0.6 is 0 Å². The van der Waals surface area contributed by atoms with Crippen molar-refractivity contribution in [1.29, 1.82) is 0 Å². The summed E-state index contributed by atoms with van der Waals surface area (Å²) in [5.41, 5.74) is 7.24. The molecule has 9 rings (SSSR count). The van der Waals surface area contributed by atoms with Crippen LogP contribution < -0.4 is 4.74 Å². The van der Waals surface area contributed by atoms with E-state index in [-0.39, 0.29) is 21.1 Å². The Morgan fingerprint density at radius 2 is 1.32 bits per heavy atom. The number of rotatable bonds is 6. The molecule has 0 radical (unpaired) electrons. The summed E-state index contributed by atoms with van der Waals surface area (Å²) in [5, 5.41) is 19.0. The van der Waals surface area contributed by atoms with Gasteiger partial charge in [0.25, 0.3) is 0 Å². The summed E-state index contributed by atoms with van der Waals surface area (Å²) in [6, 6.07) is 38.3. The van der Waals surface area contributed by atoms with E-state index in [9.17, 15) is 0 Å². The molecule has 9 heteroatoms. The number of para-hydroxylation sites is 3. The normalized spacial score (nSPS) is 11.9. The SMILES string of the molecule is Cc1nc2c3[c-]c(Oc4[c-]c5c(cc4)c4ccccc4n5-c4nncn4-c4c(C(C)C)cccc4C(C)C)ccc3c3ccccc3n2n1.[Pt+2]. The second-order valence-corrected chi connectivity index (χ2v) is 13.2. The fourth-order valence-electron chi connectivity index (χ4n) is 7.15. The van der Waals surface area contributed by atoms with E-state index in [1.165, 1.54) is 11.1 Å². The van der Waals surface area contributed by atoms with Crippen LogP contribution in [0.25, 0.3) is 60.8 Å². The Kier molecular flexibility index (Phi) is 7.80. The summed E-state index contributed by atoms with van der Waals surface area (Å²) >= 11 is 0. The quantitative estimate of drug-likeness (QED) is 0.123. The predicted molar refractivity (Wildman–Crippen MR) is 194 cm³/mol. The maximum absolute atomic E-state index is 6.52. The molecule has 0 atom stereocenters. The second-order valence-electron chi connectivity index (χ2n) is 13.2. The van der Waals surface area contributed by atoms with Gasteiger partial charge in [0.15, 0.2) is 0 Å². The molecule has 4 aromatic heterocycles. The van der Waals surface area contributed by atoms with E-state index in [4.69, 9.17) is 14.8 Å². The molecule has 9 aromatic rings. The molecule has 248 valence electrons. The smallest absolute Gasteiger partial charge is 0.503 e. The molecule has 0 spiro atoms. The zero-order valence-corrected chi connectivity index (χ0v) is 30.5. The Bertz CT molecular complexity index is 2710. The first kappa shape index (κ1) is 31.9. The van der Waals surface area contributed by atoms with Crippen LogP contribution in [0.4, 0.5) is 0 Å². The van der Waals surface area contributed by atoms with Crippen molar-refractivity contribution >= 4 is 49.1 Å². The maximum atomic E-state index is 6.52. The van der Waals surface area contributed by atoms with E-state index in [2.05, 4.69) is 126 Å². The van der Waals surface area contributed by atoms with Crippen molar-refractivity contribution in [2.24, 2.45) is 0 Å². The van der Waals surface area contributed by atoms with E-state index >= 15 is 0 Å². The fourth-order valence-corrected chi connectivity index (χ4v) is 7.15. The topological polar surface area (TPSA) is 75.1 Å². The van der Waals surface area contributed by atoms with E-state index in [1.807, 2.05) is 42.0 Å². The number of fused-ring (bicyclic) bond motifs is 9. The van der Waals surface area contributed by atoms with Crippen LogP contribution in [0, 0.1) is 19.1 Å². The van der Waals surface area contributed by atoms with Crippen LogP contribution in [0.1, 0.15) is 56.5 Å². The number of nitrogens with zero attached hydrogens (tertiary/aromatic N) is 7. The number of aryl methyl sites for hydroxylation is 1. The molecule has 0 aliphatic heterocycles. The van der Waals surface area contributed by atoms with Crippen molar-refractivity contribution in [2.75, 3.05) is 0 Å². The Morgan fingerprint density at radius 1 is 0.680 bits per heavy atom. The van der Waals surface area contributed by atoms with Gasteiger partial charge in [0.1, 0.15) is 12.2 Å².